The molecule has 2 atom stereocenters. The van der Waals surface area contributed by atoms with Gasteiger partial charge in [0.25, 0.3) is 0 Å². The lowest BCUT2D eigenvalue weighted by Crippen LogP contribution is -2.46. The van der Waals surface area contributed by atoms with Gasteiger partial charge >= 0.3 is 0 Å². The smallest absolute Gasteiger partial charge is 0.222 e. The van der Waals surface area contributed by atoms with Gasteiger partial charge in [-0.15, -0.1) is 0 Å². The maximum absolute atomic E-state index is 11.9. The summed E-state index contributed by atoms with van der Waals surface area (Å²) >= 11 is 0. The van der Waals surface area contributed by atoms with E-state index in [1.807, 2.05) is 20.8 Å². The second kappa shape index (κ2) is 5.83. The van der Waals surface area contributed by atoms with Gasteiger partial charge in [-0.3, -0.25) is 9.69 Å². The lowest BCUT2D eigenvalue weighted by atomic mass is 10.1. The second-order valence-electron chi connectivity index (χ2n) is 6.28. The van der Waals surface area contributed by atoms with E-state index in [-0.39, 0.29) is 17.5 Å². The van der Waals surface area contributed by atoms with Crippen LogP contribution in [-0.4, -0.2) is 42.0 Å². The predicted molar refractivity (Wildman–Crippen MR) is 70.7 cm³/mol. The minimum atomic E-state index is -0.158. The van der Waals surface area contributed by atoms with Crippen LogP contribution in [0.5, 0.6) is 0 Å². The first kappa shape index (κ1) is 14.5. The summed E-state index contributed by atoms with van der Waals surface area (Å²) in [6, 6.07) is 0.197. The highest BCUT2D eigenvalue weighted by Gasteiger charge is 2.27. The quantitative estimate of drug-likeness (QED) is 0.771. The SMILES string of the molecule is CC1CCN(C(CN)CC(=O)NC(C)(C)C)C1. The van der Waals surface area contributed by atoms with E-state index in [0.717, 1.165) is 19.0 Å². The summed E-state index contributed by atoms with van der Waals surface area (Å²) in [5.74, 6) is 0.835. The molecule has 0 saturated carbocycles. The summed E-state index contributed by atoms with van der Waals surface area (Å²) in [4.78, 5) is 14.2. The first-order chi connectivity index (χ1) is 7.81. The van der Waals surface area contributed by atoms with Gasteiger partial charge in [0.15, 0.2) is 0 Å². The second-order valence-corrected chi connectivity index (χ2v) is 6.28. The molecule has 4 heteroatoms. The van der Waals surface area contributed by atoms with Gasteiger partial charge in [0.05, 0.1) is 0 Å². The van der Waals surface area contributed by atoms with Crippen LogP contribution < -0.4 is 11.1 Å². The number of carbonyl (C=O) groups excluding carboxylic acids is 1. The zero-order valence-corrected chi connectivity index (χ0v) is 11.6. The van der Waals surface area contributed by atoms with Gasteiger partial charge in [-0.1, -0.05) is 6.92 Å². The molecular weight excluding hydrogens is 214 g/mol. The largest absolute Gasteiger partial charge is 0.351 e. The normalized spacial score (nSPS) is 23.7. The van der Waals surface area contributed by atoms with E-state index in [9.17, 15) is 4.79 Å². The van der Waals surface area contributed by atoms with Crippen LogP contribution >= 0.6 is 0 Å². The Morgan fingerprint density at radius 3 is 2.59 bits per heavy atom. The van der Waals surface area contributed by atoms with Crippen molar-refractivity contribution in [2.75, 3.05) is 19.6 Å². The number of amides is 1. The Morgan fingerprint density at radius 2 is 2.18 bits per heavy atom. The fourth-order valence-corrected chi connectivity index (χ4v) is 2.35. The third kappa shape index (κ3) is 5.04. The maximum Gasteiger partial charge on any atom is 0.222 e. The van der Waals surface area contributed by atoms with E-state index in [4.69, 9.17) is 5.73 Å². The monoisotopic (exact) mass is 241 g/mol. The molecule has 1 fully saturated rings. The zero-order valence-electron chi connectivity index (χ0n) is 11.6. The molecule has 1 amide bonds. The van der Waals surface area contributed by atoms with Gasteiger partial charge in [0.1, 0.15) is 0 Å². The summed E-state index contributed by atoms with van der Waals surface area (Å²) in [5, 5.41) is 3.00. The molecule has 0 aromatic rings. The van der Waals surface area contributed by atoms with Gasteiger partial charge in [0, 0.05) is 31.1 Å². The number of carbonyl (C=O) groups is 1. The number of rotatable bonds is 4. The molecule has 4 nitrogen and oxygen atoms in total. The third-order valence-corrected chi connectivity index (χ3v) is 3.18. The first-order valence-corrected chi connectivity index (χ1v) is 6.57. The van der Waals surface area contributed by atoms with Crippen molar-refractivity contribution in [1.82, 2.24) is 10.2 Å². The van der Waals surface area contributed by atoms with Gasteiger partial charge in [-0.05, 0) is 39.7 Å². The Bertz CT molecular complexity index is 260. The van der Waals surface area contributed by atoms with E-state index in [2.05, 4.69) is 17.1 Å². The predicted octanol–water partition coefficient (Wildman–Crippen LogP) is 0.960. The minimum absolute atomic E-state index is 0.104. The average Bonchev–Trinajstić information content (AvgIpc) is 2.58. The summed E-state index contributed by atoms with van der Waals surface area (Å²) < 4.78 is 0. The lowest BCUT2D eigenvalue weighted by molar-refractivity contribution is -0.123. The zero-order chi connectivity index (χ0) is 13.1. The van der Waals surface area contributed by atoms with Crippen molar-refractivity contribution < 1.29 is 4.79 Å². The van der Waals surface area contributed by atoms with Gasteiger partial charge in [-0.25, -0.2) is 0 Å². The van der Waals surface area contributed by atoms with E-state index < -0.39 is 0 Å². The van der Waals surface area contributed by atoms with Crippen LogP contribution in [0, 0.1) is 5.92 Å². The fraction of sp³-hybridized carbons (Fsp3) is 0.923. The van der Waals surface area contributed by atoms with Crippen LogP contribution in [0.15, 0.2) is 0 Å². The Labute approximate surface area is 105 Å². The van der Waals surface area contributed by atoms with Crippen LogP contribution in [0.3, 0.4) is 0 Å². The van der Waals surface area contributed by atoms with Crippen molar-refractivity contribution in [1.29, 1.82) is 0 Å². The summed E-state index contributed by atoms with van der Waals surface area (Å²) in [5.41, 5.74) is 5.63. The number of nitrogens with two attached hydrogens (primary N) is 1. The highest BCUT2D eigenvalue weighted by molar-refractivity contribution is 5.77. The van der Waals surface area contributed by atoms with Crippen LogP contribution in [0.4, 0.5) is 0 Å². The van der Waals surface area contributed by atoms with Crippen molar-refractivity contribution in [2.24, 2.45) is 11.7 Å². The summed E-state index contributed by atoms with van der Waals surface area (Å²) in [7, 11) is 0. The van der Waals surface area contributed by atoms with Gasteiger partial charge < -0.3 is 11.1 Å². The molecule has 1 heterocycles. The highest BCUT2D eigenvalue weighted by Crippen LogP contribution is 2.19. The van der Waals surface area contributed by atoms with Crippen molar-refractivity contribution in [3.63, 3.8) is 0 Å². The van der Waals surface area contributed by atoms with Gasteiger partial charge in [0.2, 0.25) is 5.91 Å². The molecule has 1 aliphatic rings. The van der Waals surface area contributed by atoms with Crippen LogP contribution in [0.25, 0.3) is 0 Å². The van der Waals surface area contributed by atoms with Crippen molar-refractivity contribution in [2.45, 2.75) is 52.1 Å². The Morgan fingerprint density at radius 1 is 1.53 bits per heavy atom. The van der Waals surface area contributed by atoms with E-state index in [1.165, 1.54) is 6.42 Å². The van der Waals surface area contributed by atoms with Crippen LogP contribution in [-0.2, 0) is 4.79 Å². The van der Waals surface area contributed by atoms with E-state index in [0.29, 0.717) is 13.0 Å². The summed E-state index contributed by atoms with van der Waals surface area (Å²) in [6.45, 7) is 11.0. The average molecular weight is 241 g/mol. The molecular formula is C13H27N3O. The van der Waals surface area contributed by atoms with Crippen molar-refractivity contribution in [3.8, 4) is 0 Å². The van der Waals surface area contributed by atoms with Crippen LogP contribution in [0.2, 0.25) is 0 Å². The van der Waals surface area contributed by atoms with E-state index in [1.54, 1.807) is 0 Å². The Balaban J connectivity index is 2.44. The first-order valence-electron chi connectivity index (χ1n) is 6.57. The third-order valence-electron chi connectivity index (χ3n) is 3.18. The Kier molecular flexibility index (Phi) is 4.95. The molecule has 3 N–H and O–H groups in total. The standard InChI is InChI=1S/C13H27N3O/c1-10-5-6-16(9-10)11(8-14)7-12(17)15-13(2,3)4/h10-11H,5-9,14H2,1-4H3,(H,15,17). The number of hydrogen-bond acceptors (Lipinski definition) is 3. The number of nitrogens with one attached hydrogen (secondary N) is 1. The Hall–Kier alpha value is -0.610. The lowest BCUT2D eigenvalue weighted by Gasteiger charge is -2.28. The number of hydrogen-bond donors (Lipinski definition) is 2. The molecule has 0 bridgehead atoms. The number of nitrogens with zero attached hydrogens (tertiary/aromatic N) is 1. The molecule has 2 unspecified atom stereocenters. The molecule has 0 aromatic carbocycles. The molecule has 0 aliphatic carbocycles. The topological polar surface area (TPSA) is 58.4 Å². The van der Waals surface area contributed by atoms with Crippen molar-refractivity contribution >= 4 is 5.91 Å². The van der Waals surface area contributed by atoms with Gasteiger partial charge in [-0.2, -0.15) is 0 Å². The molecule has 1 rings (SSSR count). The minimum Gasteiger partial charge on any atom is -0.351 e. The number of likely N-dealkylation sites (tertiary alicyclic amines) is 1. The van der Waals surface area contributed by atoms with Crippen molar-refractivity contribution in [3.05, 3.63) is 0 Å². The fourth-order valence-electron chi connectivity index (χ4n) is 2.35. The molecule has 17 heavy (non-hydrogen) atoms. The highest BCUT2D eigenvalue weighted by atomic mass is 16.1. The molecule has 1 aliphatic heterocycles. The molecule has 0 spiro atoms. The molecule has 0 radical (unpaired) electrons. The molecule has 1 saturated heterocycles. The molecule has 0 aromatic heterocycles. The molecule has 100 valence electrons. The summed E-state index contributed by atoms with van der Waals surface area (Å²) in [6.07, 6.45) is 1.73. The van der Waals surface area contributed by atoms with Crippen LogP contribution in [0.1, 0.15) is 40.5 Å². The maximum atomic E-state index is 11.9. The van der Waals surface area contributed by atoms with E-state index >= 15 is 0 Å².